The van der Waals surface area contributed by atoms with E-state index in [0.717, 1.165) is 25.7 Å². The van der Waals surface area contributed by atoms with Gasteiger partial charge in [0.1, 0.15) is 0 Å². The van der Waals surface area contributed by atoms with Crippen LogP contribution in [0.15, 0.2) is 0 Å². The van der Waals surface area contributed by atoms with Crippen molar-refractivity contribution < 1.29 is 18.9 Å². The first-order valence-electron chi connectivity index (χ1n) is 11.3. The number of hydrogen-bond donors (Lipinski definition) is 0. The molecule has 2 aliphatic rings. The molecule has 2 saturated heterocycles. The van der Waals surface area contributed by atoms with Crippen molar-refractivity contribution >= 4 is 0 Å². The second kappa shape index (κ2) is 12.3. The maximum atomic E-state index is 6.18. The summed E-state index contributed by atoms with van der Waals surface area (Å²) in [7, 11) is 0. The number of rotatable bonds is 15. The van der Waals surface area contributed by atoms with Crippen LogP contribution in [0.2, 0.25) is 0 Å². The summed E-state index contributed by atoms with van der Waals surface area (Å²) in [5, 5.41) is 0. The summed E-state index contributed by atoms with van der Waals surface area (Å²) in [5.41, 5.74) is 0. The van der Waals surface area contributed by atoms with Gasteiger partial charge in [0.25, 0.3) is 0 Å². The maximum Gasteiger partial charge on any atom is 0.223 e. The summed E-state index contributed by atoms with van der Waals surface area (Å²) in [4.78, 5) is 0. The third-order valence-electron chi connectivity index (χ3n) is 5.81. The van der Waals surface area contributed by atoms with E-state index in [2.05, 4.69) is 13.8 Å². The average Bonchev–Trinajstić information content (AvgIpc) is 3.32. The topological polar surface area (TPSA) is 36.9 Å². The molecular weight excluding hydrogens is 328 g/mol. The lowest BCUT2D eigenvalue weighted by Gasteiger charge is -2.42. The van der Waals surface area contributed by atoms with Gasteiger partial charge in [-0.15, -0.1) is 0 Å². The zero-order valence-electron chi connectivity index (χ0n) is 17.4. The molecule has 0 aliphatic carbocycles. The summed E-state index contributed by atoms with van der Waals surface area (Å²) in [5.74, 6) is -1.37. The van der Waals surface area contributed by atoms with Crippen LogP contribution in [0.5, 0.6) is 0 Å². The molecule has 0 saturated carbocycles. The van der Waals surface area contributed by atoms with Crippen molar-refractivity contribution in [3.8, 4) is 0 Å². The molecule has 0 N–H and O–H groups in total. The van der Waals surface area contributed by atoms with Crippen molar-refractivity contribution in [3.05, 3.63) is 0 Å². The number of hydrogen-bond acceptors (Lipinski definition) is 4. The molecule has 0 aromatic heterocycles. The Bertz CT molecular complexity index is 346. The van der Waals surface area contributed by atoms with E-state index in [4.69, 9.17) is 18.9 Å². The normalized spacial score (nSPS) is 21.5. The highest BCUT2D eigenvalue weighted by Crippen LogP contribution is 2.45. The predicted octanol–water partition coefficient (Wildman–Crippen LogP) is 5.97. The minimum absolute atomic E-state index is 0.653. The molecule has 0 unspecified atom stereocenters. The van der Waals surface area contributed by atoms with Crippen LogP contribution in [-0.4, -0.2) is 38.0 Å². The molecule has 0 aromatic carbocycles. The van der Waals surface area contributed by atoms with E-state index in [1.165, 1.54) is 64.2 Å². The second-order valence-electron chi connectivity index (χ2n) is 7.94. The SMILES string of the molecule is CCCCCCCCCC1(C2(CCCCCCC)OCCO2)OCCO1. The average molecular weight is 371 g/mol. The van der Waals surface area contributed by atoms with Gasteiger partial charge in [0.05, 0.1) is 26.4 Å². The Labute approximate surface area is 161 Å². The van der Waals surface area contributed by atoms with Crippen LogP contribution in [-0.2, 0) is 18.9 Å². The molecule has 0 spiro atoms. The molecule has 2 heterocycles. The van der Waals surface area contributed by atoms with E-state index in [0.29, 0.717) is 26.4 Å². The van der Waals surface area contributed by atoms with Crippen LogP contribution < -0.4 is 0 Å². The van der Waals surface area contributed by atoms with Crippen LogP contribution >= 0.6 is 0 Å². The highest BCUT2D eigenvalue weighted by Gasteiger charge is 2.59. The highest BCUT2D eigenvalue weighted by molar-refractivity contribution is 4.94. The van der Waals surface area contributed by atoms with Gasteiger partial charge in [0.15, 0.2) is 0 Å². The van der Waals surface area contributed by atoms with Crippen molar-refractivity contribution in [1.82, 2.24) is 0 Å². The van der Waals surface area contributed by atoms with Crippen molar-refractivity contribution in [3.63, 3.8) is 0 Å². The molecule has 2 rings (SSSR count). The molecule has 0 atom stereocenters. The van der Waals surface area contributed by atoms with Crippen molar-refractivity contribution in [1.29, 1.82) is 0 Å². The van der Waals surface area contributed by atoms with Crippen molar-refractivity contribution in [2.75, 3.05) is 26.4 Å². The zero-order valence-corrected chi connectivity index (χ0v) is 17.4. The summed E-state index contributed by atoms with van der Waals surface area (Å²) in [6.45, 7) is 7.13. The fourth-order valence-corrected chi connectivity index (χ4v) is 4.29. The monoisotopic (exact) mass is 370 g/mol. The fraction of sp³-hybridized carbons (Fsp3) is 1.00. The van der Waals surface area contributed by atoms with E-state index < -0.39 is 11.6 Å². The number of ether oxygens (including phenoxy) is 4. The zero-order chi connectivity index (χ0) is 18.6. The molecule has 0 radical (unpaired) electrons. The van der Waals surface area contributed by atoms with E-state index in [-0.39, 0.29) is 0 Å². The number of unbranched alkanes of at least 4 members (excludes halogenated alkanes) is 10. The van der Waals surface area contributed by atoms with Gasteiger partial charge in [-0.2, -0.15) is 0 Å². The van der Waals surface area contributed by atoms with Crippen molar-refractivity contribution in [2.24, 2.45) is 0 Å². The molecule has 4 nitrogen and oxygen atoms in total. The fourth-order valence-electron chi connectivity index (χ4n) is 4.29. The van der Waals surface area contributed by atoms with E-state index >= 15 is 0 Å². The van der Waals surface area contributed by atoms with Gasteiger partial charge in [-0.05, 0) is 12.8 Å². The Hall–Kier alpha value is -0.160. The van der Waals surface area contributed by atoms with Gasteiger partial charge < -0.3 is 18.9 Å². The highest BCUT2D eigenvalue weighted by atomic mass is 16.8. The Morgan fingerprint density at radius 1 is 0.462 bits per heavy atom. The van der Waals surface area contributed by atoms with Crippen LogP contribution in [0.25, 0.3) is 0 Å². The smallest absolute Gasteiger partial charge is 0.223 e. The van der Waals surface area contributed by atoms with Crippen LogP contribution in [0, 0.1) is 0 Å². The lowest BCUT2D eigenvalue weighted by molar-refractivity contribution is -0.351. The minimum atomic E-state index is -0.683. The van der Waals surface area contributed by atoms with Crippen LogP contribution in [0.4, 0.5) is 0 Å². The molecular formula is C22H42O4. The Morgan fingerprint density at radius 2 is 0.769 bits per heavy atom. The molecule has 4 heteroatoms. The molecule has 0 amide bonds. The van der Waals surface area contributed by atoms with Gasteiger partial charge in [-0.25, -0.2) is 0 Å². The molecule has 2 aliphatic heterocycles. The molecule has 154 valence electrons. The third-order valence-corrected chi connectivity index (χ3v) is 5.81. The lowest BCUT2D eigenvalue weighted by atomic mass is 9.92. The maximum absolute atomic E-state index is 6.18. The standard InChI is InChI=1S/C22H42O4/c1-3-5-7-9-10-12-14-16-22(25-19-20-26-22)21(23-17-18-24-21)15-13-11-8-6-4-2/h3-20H2,1-2H3. The second-order valence-corrected chi connectivity index (χ2v) is 7.94. The van der Waals surface area contributed by atoms with Crippen LogP contribution in [0.3, 0.4) is 0 Å². The van der Waals surface area contributed by atoms with Gasteiger partial charge >= 0.3 is 0 Å². The molecule has 0 bridgehead atoms. The first kappa shape index (κ1) is 22.1. The largest absolute Gasteiger partial charge is 0.343 e. The molecule has 2 fully saturated rings. The Balaban J connectivity index is 1.83. The van der Waals surface area contributed by atoms with Gasteiger partial charge in [0, 0.05) is 12.8 Å². The Morgan fingerprint density at radius 3 is 1.12 bits per heavy atom. The van der Waals surface area contributed by atoms with Gasteiger partial charge in [-0.3, -0.25) is 0 Å². The van der Waals surface area contributed by atoms with Crippen LogP contribution in [0.1, 0.15) is 104 Å². The first-order valence-corrected chi connectivity index (χ1v) is 11.3. The van der Waals surface area contributed by atoms with E-state index in [1.54, 1.807) is 0 Å². The Kier molecular flexibility index (Phi) is 10.5. The predicted molar refractivity (Wildman–Crippen MR) is 105 cm³/mol. The lowest BCUT2D eigenvalue weighted by Crippen LogP contribution is -2.56. The van der Waals surface area contributed by atoms with E-state index in [1.807, 2.05) is 0 Å². The van der Waals surface area contributed by atoms with E-state index in [9.17, 15) is 0 Å². The summed E-state index contributed by atoms with van der Waals surface area (Å²) < 4.78 is 24.7. The van der Waals surface area contributed by atoms with Gasteiger partial charge in [-0.1, -0.05) is 78.1 Å². The van der Waals surface area contributed by atoms with Crippen molar-refractivity contribution in [2.45, 2.75) is 115 Å². The quantitative estimate of drug-likeness (QED) is 0.333. The summed E-state index contributed by atoms with van der Waals surface area (Å²) in [6.07, 6.45) is 17.0. The molecule has 0 aromatic rings. The summed E-state index contributed by atoms with van der Waals surface area (Å²) >= 11 is 0. The first-order chi connectivity index (χ1) is 12.8. The summed E-state index contributed by atoms with van der Waals surface area (Å²) in [6, 6.07) is 0. The minimum Gasteiger partial charge on any atom is -0.343 e. The van der Waals surface area contributed by atoms with Gasteiger partial charge in [0.2, 0.25) is 11.6 Å². The third kappa shape index (κ3) is 6.19. The molecule has 26 heavy (non-hydrogen) atoms.